The van der Waals surface area contributed by atoms with Crippen molar-refractivity contribution in [3.63, 3.8) is 0 Å². The van der Waals surface area contributed by atoms with E-state index < -0.39 is 0 Å². The minimum absolute atomic E-state index is 0.0329. The molecular formula is C21H26N3OS+. The van der Waals surface area contributed by atoms with Gasteiger partial charge in [-0.15, -0.1) is 11.3 Å². The summed E-state index contributed by atoms with van der Waals surface area (Å²) in [6, 6.07) is 12.5. The molecule has 2 atom stereocenters. The molecular weight excluding hydrogens is 342 g/mol. The van der Waals surface area contributed by atoms with Gasteiger partial charge in [-0.1, -0.05) is 29.8 Å². The number of fused-ring (bicyclic) bond motifs is 1. The molecule has 1 unspecified atom stereocenters. The van der Waals surface area contributed by atoms with E-state index in [1.165, 1.54) is 10.3 Å². The standard InChI is InChI=1S/C21H25N3OS/c1-13-10-14(2)20(15(3)11-13)23-19(25)12-24(5)16(4)21-22-17-8-6-7-9-18(17)26-21/h6-11,16H,12H2,1-5H3,(H,23,25)/p+1/t16-/m0/s1. The molecule has 3 rings (SSSR count). The number of hydrogen-bond acceptors (Lipinski definition) is 3. The number of quaternary nitrogens is 1. The number of benzene rings is 2. The molecule has 1 amide bonds. The SMILES string of the molecule is Cc1cc(C)c(NC(=O)C[NH+](C)[C@@H](C)c2nc3ccccc3s2)c(C)c1. The quantitative estimate of drug-likeness (QED) is 0.725. The molecule has 2 N–H and O–H groups in total. The molecule has 0 spiro atoms. The highest BCUT2D eigenvalue weighted by molar-refractivity contribution is 7.18. The number of carbonyl (C=O) groups is 1. The van der Waals surface area contributed by atoms with E-state index in [2.05, 4.69) is 37.4 Å². The second kappa shape index (κ2) is 7.56. The molecule has 26 heavy (non-hydrogen) atoms. The van der Waals surface area contributed by atoms with Gasteiger partial charge in [0.05, 0.1) is 17.3 Å². The van der Waals surface area contributed by atoms with E-state index in [0.717, 1.165) is 32.2 Å². The van der Waals surface area contributed by atoms with Crippen molar-refractivity contribution < 1.29 is 9.69 Å². The van der Waals surface area contributed by atoms with Gasteiger partial charge in [0.25, 0.3) is 5.91 Å². The number of thiazole rings is 1. The lowest BCUT2D eigenvalue weighted by molar-refractivity contribution is -0.902. The zero-order valence-corrected chi connectivity index (χ0v) is 16.8. The summed E-state index contributed by atoms with van der Waals surface area (Å²) in [7, 11) is 2.05. The average Bonchev–Trinajstić information content (AvgIpc) is 3.01. The molecule has 5 heteroatoms. The Kier molecular flexibility index (Phi) is 5.39. The second-order valence-corrected chi connectivity index (χ2v) is 8.15. The Morgan fingerprint density at radius 1 is 1.19 bits per heavy atom. The van der Waals surface area contributed by atoms with E-state index in [1.807, 2.05) is 39.1 Å². The lowest BCUT2D eigenvalue weighted by Gasteiger charge is -2.20. The predicted molar refractivity (Wildman–Crippen MR) is 109 cm³/mol. The minimum atomic E-state index is 0.0329. The van der Waals surface area contributed by atoms with Gasteiger partial charge < -0.3 is 10.2 Å². The summed E-state index contributed by atoms with van der Waals surface area (Å²) in [6.07, 6.45) is 0. The Morgan fingerprint density at radius 2 is 1.85 bits per heavy atom. The topological polar surface area (TPSA) is 46.4 Å². The smallest absolute Gasteiger partial charge is 0.279 e. The number of para-hydroxylation sites is 1. The number of nitrogens with one attached hydrogen (secondary N) is 2. The van der Waals surface area contributed by atoms with Crippen molar-refractivity contribution in [2.24, 2.45) is 0 Å². The fraction of sp³-hybridized carbons (Fsp3) is 0.333. The number of carbonyl (C=O) groups excluding carboxylic acids is 1. The Balaban J connectivity index is 1.69. The van der Waals surface area contributed by atoms with E-state index in [1.54, 1.807) is 11.3 Å². The van der Waals surface area contributed by atoms with Crippen molar-refractivity contribution in [3.05, 3.63) is 58.1 Å². The average molecular weight is 369 g/mol. The summed E-state index contributed by atoms with van der Waals surface area (Å²) in [6.45, 7) is 8.68. The first-order valence-electron chi connectivity index (χ1n) is 8.90. The first kappa shape index (κ1) is 18.5. The first-order chi connectivity index (χ1) is 12.3. The van der Waals surface area contributed by atoms with E-state index in [4.69, 9.17) is 4.98 Å². The zero-order chi connectivity index (χ0) is 18.8. The molecule has 0 radical (unpaired) electrons. The normalized spacial score (nSPS) is 13.6. The summed E-state index contributed by atoms with van der Waals surface area (Å²) in [4.78, 5) is 18.4. The highest BCUT2D eigenvalue weighted by atomic mass is 32.1. The maximum absolute atomic E-state index is 12.6. The number of nitrogens with zero attached hydrogens (tertiary/aromatic N) is 1. The van der Waals surface area contributed by atoms with Gasteiger partial charge in [-0.3, -0.25) is 4.79 Å². The summed E-state index contributed by atoms with van der Waals surface area (Å²) >= 11 is 1.71. The molecule has 0 aliphatic carbocycles. The Labute approximate surface area is 158 Å². The molecule has 0 saturated heterocycles. The van der Waals surface area contributed by atoms with Crippen molar-refractivity contribution in [2.75, 3.05) is 18.9 Å². The van der Waals surface area contributed by atoms with Crippen molar-refractivity contribution in [2.45, 2.75) is 33.7 Å². The van der Waals surface area contributed by atoms with Crippen LogP contribution in [0.5, 0.6) is 0 Å². The van der Waals surface area contributed by atoms with Gasteiger partial charge in [-0.05, 0) is 51.0 Å². The van der Waals surface area contributed by atoms with Crippen LogP contribution in [-0.4, -0.2) is 24.5 Å². The highest BCUT2D eigenvalue weighted by Gasteiger charge is 2.22. The Hall–Kier alpha value is -2.24. The third-order valence-corrected chi connectivity index (χ3v) is 6.02. The van der Waals surface area contributed by atoms with Crippen LogP contribution in [-0.2, 0) is 4.79 Å². The largest absolute Gasteiger partial charge is 0.322 e. The maximum atomic E-state index is 12.6. The summed E-state index contributed by atoms with van der Waals surface area (Å²) < 4.78 is 1.19. The number of rotatable bonds is 5. The van der Waals surface area contributed by atoms with Gasteiger partial charge in [-0.25, -0.2) is 4.98 Å². The van der Waals surface area contributed by atoms with Crippen LogP contribution >= 0.6 is 11.3 Å². The molecule has 0 fully saturated rings. The number of likely N-dealkylation sites (N-methyl/N-ethyl adjacent to an activating group) is 1. The lowest BCUT2D eigenvalue weighted by atomic mass is 10.1. The van der Waals surface area contributed by atoms with Crippen LogP contribution in [0.4, 0.5) is 5.69 Å². The number of aromatic nitrogens is 1. The predicted octanol–water partition coefficient (Wildman–Crippen LogP) is 3.44. The van der Waals surface area contributed by atoms with E-state index in [0.29, 0.717) is 6.54 Å². The van der Waals surface area contributed by atoms with E-state index in [-0.39, 0.29) is 11.9 Å². The molecule has 1 aromatic heterocycles. The summed E-state index contributed by atoms with van der Waals surface area (Å²) in [5.41, 5.74) is 5.38. The number of aryl methyl sites for hydroxylation is 3. The number of amides is 1. The lowest BCUT2D eigenvalue weighted by Crippen LogP contribution is -3.10. The van der Waals surface area contributed by atoms with Gasteiger partial charge in [0, 0.05) is 5.69 Å². The third kappa shape index (κ3) is 3.94. The highest BCUT2D eigenvalue weighted by Crippen LogP contribution is 2.25. The van der Waals surface area contributed by atoms with E-state index in [9.17, 15) is 4.79 Å². The molecule has 2 aromatic carbocycles. The van der Waals surface area contributed by atoms with Gasteiger partial charge in [0.15, 0.2) is 11.6 Å². The molecule has 3 aromatic rings. The number of hydrogen-bond donors (Lipinski definition) is 2. The summed E-state index contributed by atoms with van der Waals surface area (Å²) in [5, 5.41) is 4.16. The monoisotopic (exact) mass is 368 g/mol. The molecule has 136 valence electrons. The van der Waals surface area contributed by atoms with Crippen LogP contribution in [0.15, 0.2) is 36.4 Å². The van der Waals surface area contributed by atoms with Crippen LogP contribution in [0.25, 0.3) is 10.2 Å². The van der Waals surface area contributed by atoms with Crippen molar-refractivity contribution in [1.29, 1.82) is 0 Å². The van der Waals surface area contributed by atoms with E-state index >= 15 is 0 Å². The molecule has 0 bridgehead atoms. The zero-order valence-electron chi connectivity index (χ0n) is 16.0. The fourth-order valence-corrected chi connectivity index (χ4v) is 4.37. The maximum Gasteiger partial charge on any atom is 0.279 e. The fourth-order valence-electron chi connectivity index (χ4n) is 3.25. The van der Waals surface area contributed by atoms with Crippen LogP contribution in [0.1, 0.15) is 34.7 Å². The van der Waals surface area contributed by atoms with Crippen LogP contribution in [0.2, 0.25) is 0 Å². The third-order valence-electron chi connectivity index (χ3n) is 4.80. The van der Waals surface area contributed by atoms with Gasteiger partial charge in [-0.2, -0.15) is 0 Å². The van der Waals surface area contributed by atoms with Crippen LogP contribution in [0, 0.1) is 20.8 Å². The summed E-state index contributed by atoms with van der Waals surface area (Å²) in [5.74, 6) is 0.0329. The first-order valence-corrected chi connectivity index (χ1v) is 9.72. The van der Waals surface area contributed by atoms with Gasteiger partial charge in [0.1, 0.15) is 6.04 Å². The molecule has 0 aliphatic heterocycles. The minimum Gasteiger partial charge on any atom is -0.322 e. The number of anilines is 1. The van der Waals surface area contributed by atoms with Crippen LogP contribution in [0.3, 0.4) is 0 Å². The molecule has 0 aliphatic rings. The van der Waals surface area contributed by atoms with Crippen LogP contribution < -0.4 is 10.2 Å². The van der Waals surface area contributed by atoms with Crippen molar-refractivity contribution >= 4 is 33.1 Å². The second-order valence-electron chi connectivity index (χ2n) is 7.09. The Morgan fingerprint density at radius 3 is 2.50 bits per heavy atom. The van der Waals surface area contributed by atoms with Crippen molar-refractivity contribution in [3.8, 4) is 0 Å². The molecule has 0 saturated carbocycles. The van der Waals surface area contributed by atoms with Crippen molar-refractivity contribution in [1.82, 2.24) is 4.98 Å². The Bertz CT molecular complexity index is 891. The molecule has 1 heterocycles. The van der Waals surface area contributed by atoms with Gasteiger partial charge >= 0.3 is 0 Å². The van der Waals surface area contributed by atoms with Gasteiger partial charge in [0.2, 0.25) is 0 Å². The molecule has 4 nitrogen and oxygen atoms in total.